The Labute approximate surface area is 76.2 Å². The summed E-state index contributed by atoms with van der Waals surface area (Å²) in [5, 5.41) is 5.28. The standard InChI is InChI=1S/C6H10N2O3.ClH/c1-11-6(10)4-2-8-5(9)3-7-4;/h4,7H,2-3H2,1H3,(H,8,9);1H/t4-;/m1./s1. The summed E-state index contributed by atoms with van der Waals surface area (Å²) in [5.41, 5.74) is 0. The molecule has 0 aliphatic carbocycles. The Balaban J connectivity index is 0.00000121. The fourth-order valence-electron chi connectivity index (χ4n) is 0.875. The van der Waals surface area contributed by atoms with Gasteiger partial charge in [0.1, 0.15) is 6.04 Å². The van der Waals surface area contributed by atoms with E-state index in [9.17, 15) is 9.59 Å². The number of esters is 1. The van der Waals surface area contributed by atoms with E-state index in [-0.39, 0.29) is 30.8 Å². The Hall–Kier alpha value is -0.810. The molecule has 1 fully saturated rings. The molecule has 1 rings (SSSR count). The van der Waals surface area contributed by atoms with Crippen molar-refractivity contribution in [1.29, 1.82) is 0 Å². The number of hydrogen-bond acceptors (Lipinski definition) is 4. The molecular weight excluding hydrogens is 184 g/mol. The van der Waals surface area contributed by atoms with Crippen LogP contribution in [0.2, 0.25) is 0 Å². The quantitative estimate of drug-likeness (QED) is 0.508. The van der Waals surface area contributed by atoms with Crippen LogP contribution in [0.3, 0.4) is 0 Å². The Morgan fingerprint density at radius 3 is 2.75 bits per heavy atom. The number of rotatable bonds is 1. The van der Waals surface area contributed by atoms with Crippen LogP contribution in [-0.2, 0) is 14.3 Å². The van der Waals surface area contributed by atoms with E-state index in [1.165, 1.54) is 7.11 Å². The summed E-state index contributed by atoms with van der Waals surface area (Å²) in [7, 11) is 1.32. The van der Waals surface area contributed by atoms with Crippen molar-refractivity contribution in [2.24, 2.45) is 0 Å². The number of halogens is 1. The van der Waals surface area contributed by atoms with Gasteiger partial charge in [0.15, 0.2) is 0 Å². The highest BCUT2D eigenvalue weighted by molar-refractivity contribution is 5.85. The molecule has 1 aliphatic rings. The van der Waals surface area contributed by atoms with Gasteiger partial charge in [-0.05, 0) is 0 Å². The summed E-state index contributed by atoms with van der Waals surface area (Å²) in [4.78, 5) is 21.4. The molecule has 0 aromatic rings. The summed E-state index contributed by atoms with van der Waals surface area (Å²) in [6, 6.07) is -0.391. The number of nitrogens with one attached hydrogen (secondary N) is 2. The van der Waals surface area contributed by atoms with Crippen molar-refractivity contribution in [2.45, 2.75) is 6.04 Å². The van der Waals surface area contributed by atoms with Gasteiger partial charge in [0.25, 0.3) is 0 Å². The van der Waals surface area contributed by atoms with Crippen LogP contribution in [0.1, 0.15) is 0 Å². The monoisotopic (exact) mass is 194 g/mol. The average Bonchev–Trinajstić information content (AvgIpc) is 2.05. The zero-order valence-corrected chi connectivity index (χ0v) is 7.44. The summed E-state index contributed by atoms with van der Waals surface area (Å²) in [6.07, 6.45) is 0. The number of methoxy groups -OCH3 is 1. The van der Waals surface area contributed by atoms with Crippen molar-refractivity contribution < 1.29 is 14.3 Å². The maximum Gasteiger partial charge on any atom is 0.324 e. The van der Waals surface area contributed by atoms with Gasteiger partial charge < -0.3 is 10.1 Å². The summed E-state index contributed by atoms with van der Waals surface area (Å²) in [6.45, 7) is 0.491. The molecule has 0 aromatic carbocycles. The van der Waals surface area contributed by atoms with Gasteiger partial charge in [-0.25, -0.2) is 0 Å². The van der Waals surface area contributed by atoms with Crippen LogP contribution in [0.15, 0.2) is 0 Å². The lowest BCUT2D eigenvalue weighted by Gasteiger charge is -2.21. The van der Waals surface area contributed by atoms with Gasteiger partial charge in [-0.15, -0.1) is 12.4 Å². The van der Waals surface area contributed by atoms with Crippen molar-refractivity contribution in [3.63, 3.8) is 0 Å². The molecule has 1 atom stereocenters. The van der Waals surface area contributed by atoms with E-state index in [4.69, 9.17) is 0 Å². The summed E-state index contributed by atoms with van der Waals surface area (Å²) >= 11 is 0. The molecule has 0 spiro atoms. The highest BCUT2D eigenvalue weighted by Crippen LogP contribution is 1.90. The van der Waals surface area contributed by atoms with Crippen LogP contribution < -0.4 is 10.6 Å². The number of carbonyl (C=O) groups excluding carboxylic acids is 2. The van der Waals surface area contributed by atoms with Crippen molar-refractivity contribution in [3.8, 4) is 0 Å². The first-order valence-electron chi connectivity index (χ1n) is 3.32. The molecule has 0 saturated carbocycles. The van der Waals surface area contributed by atoms with E-state index in [1.54, 1.807) is 0 Å². The number of carbonyl (C=O) groups is 2. The number of hydrogen-bond donors (Lipinski definition) is 2. The minimum Gasteiger partial charge on any atom is -0.468 e. The Bertz CT molecular complexity index is 176. The zero-order valence-electron chi connectivity index (χ0n) is 6.62. The van der Waals surface area contributed by atoms with Crippen LogP contribution >= 0.6 is 12.4 Å². The first-order valence-corrected chi connectivity index (χ1v) is 3.32. The molecule has 0 aromatic heterocycles. The number of amides is 1. The Morgan fingerprint density at radius 2 is 2.33 bits per heavy atom. The number of ether oxygens (including phenoxy) is 1. The first-order chi connectivity index (χ1) is 5.24. The second kappa shape index (κ2) is 4.95. The van der Waals surface area contributed by atoms with Gasteiger partial charge in [-0.1, -0.05) is 0 Å². The largest absolute Gasteiger partial charge is 0.468 e. The highest BCUT2D eigenvalue weighted by atomic mass is 35.5. The second-order valence-corrected chi connectivity index (χ2v) is 2.26. The predicted octanol–water partition coefficient (Wildman–Crippen LogP) is -1.33. The lowest BCUT2D eigenvalue weighted by molar-refractivity contribution is -0.143. The van der Waals surface area contributed by atoms with E-state index in [1.807, 2.05) is 0 Å². The maximum absolute atomic E-state index is 10.8. The molecule has 0 radical (unpaired) electrons. The highest BCUT2D eigenvalue weighted by Gasteiger charge is 2.23. The van der Waals surface area contributed by atoms with Crippen LogP contribution in [0.25, 0.3) is 0 Å². The fraction of sp³-hybridized carbons (Fsp3) is 0.667. The van der Waals surface area contributed by atoms with Gasteiger partial charge in [-0.3, -0.25) is 14.9 Å². The third-order valence-electron chi connectivity index (χ3n) is 1.50. The normalized spacial score (nSPS) is 22.1. The van der Waals surface area contributed by atoms with Crippen molar-refractivity contribution in [1.82, 2.24) is 10.6 Å². The van der Waals surface area contributed by atoms with Crippen LogP contribution in [-0.4, -0.2) is 38.1 Å². The zero-order chi connectivity index (χ0) is 8.27. The van der Waals surface area contributed by atoms with Gasteiger partial charge in [0.2, 0.25) is 5.91 Å². The average molecular weight is 195 g/mol. The smallest absolute Gasteiger partial charge is 0.324 e. The molecule has 5 nitrogen and oxygen atoms in total. The Kier molecular flexibility index (Phi) is 4.61. The lowest BCUT2D eigenvalue weighted by Crippen LogP contribution is -2.55. The van der Waals surface area contributed by atoms with Crippen LogP contribution in [0.4, 0.5) is 0 Å². The van der Waals surface area contributed by atoms with Crippen molar-refractivity contribution >= 4 is 24.3 Å². The molecule has 1 amide bonds. The minimum atomic E-state index is -0.391. The lowest BCUT2D eigenvalue weighted by atomic mass is 10.2. The molecule has 0 unspecified atom stereocenters. The SMILES string of the molecule is COC(=O)[C@H]1CNC(=O)CN1.Cl. The summed E-state index contributed by atoms with van der Waals surface area (Å²) in [5.74, 6) is -0.435. The molecule has 1 saturated heterocycles. The van der Waals surface area contributed by atoms with Crippen molar-refractivity contribution in [2.75, 3.05) is 20.2 Å². The van der Waals surface area contributed by atoms with Gasteiger partial charge in [0, 0.05) is 6.54 Å². The van der Waals surface area contributed by atoms with Gasteiger partial charge in [-0.2, -0.15) is 0 Å². The fourth-order valence-corrected chi connectivity index (χ4v) is 0.875. The minimum absolute atomic E-state index is 0. The van der Waals surface area contributed by atoms with E-state index in [0.717, 1.165) is 0 Å². The van der Waals surface area contributed by atoms with Gasteiger partial charge >= 0.3 is 5.97 Å². The third-order valence-corrected chi connectivity index (χ3v) is 1.50. The predicted molar refractivity (Wildman–Crippen MR) is 44.1 cm³/mol. The van der Waals surface area contributed by atoms with E-state index in [2.05, 4.69) is 15.4 Å². The molecule has 1 heterocycles. The molecule has 0 bridgehead atoms. The molecule has 70 valence electrons. The molecule has 12 heavy (non-hydrogen) atoms. The molecular formula is C6H11ClN2O3. The second-order valence-electron chi connectivity index (χ2n) is 2.26. The number of piperazine rings is 1. The summed E-state index contributed by atoms with van der Waals surface area (Å²) < 4.78 is 4.47. The van der Waals surface area contributed by atoms with E-state index in [0.29, 0.717) is 6.54 Å². The van der Waals surface area contributed by atoms with Crippen LogP contribution in [0, 0.1) is 0 Å². The van der Waals surface area contributed by atoms with Crippen molar-refractivity contribution in [3.05, 3.63) is 0 Å². The molecule has 1 aliphatic heterocycles. The van der Waals surface area contributed by atoms with E-state index < -0.39 is 6.04 Å². The van der Waals surface area contributed by atoms with Gasteiger partial charge in [0.05, 0.1) is 13.7 Å². The first kappa shape index (κ1) is 11.2. The topological polar surface area (TPSA) is 67.4 Å². The third kappa shape index (κ3) is 2.67. The van der Waals surface area contributed by atoms with Crippen LogP contribution in [0.5, 0.6) is 0 Å². The molecule has 2 N–H and O–H groups in total. The maximum atomic E-state index is 10.8. The molecule has 6 heteroatoms. The van der Waals surface area contributed by atoms with E-state index >= 15 is 0 Å². The Morgan fingerprint density at radius 1 is 1.67 bits per heavy atom.